The Morgan fingerprint density at radius 3 is 2.59 bits per heavy atom. The molecule has 2 aromatic carbocycles. The van der Waals surface area contributed by atoms with Crippen LogP contribution in [-0.2, 0) is 16.2 Å². The lowest BCUT2D eigenvalue weighted by Gasteiger charge is -2.14. The first-order valence-corrected chi connectivity index (χ1v) is 11.3. The minimum absolute atomic E-state index is 0.0601. The number of nitrogens with one attached hydrogen (secondary N) is 2. The summed E-state index contributed by atoms with van der Waals surface area (Å²) in [6.45, 7) is 0. The molecule has 0 atom stereocenters. The monoisotopic (exact) mass is 481 g/mol. The van der Waals surface area contributed by atoms with Gasteiger partial charge in [0.25, 0.3) is 15.6 Å². The van der Waals surface area contributed by atoms with Crippen molar-refractivity contribution in [2.45, 2.75) is 11.1 Å². The Balaban J connectivity index is 1.85. The number of nitrogens with zero attached hydrogens (tertiary/aromatic N) is 1. The van der Waals surface area contributed by atoms with Crippen LogP contribution in [0.25, 0.3) is 21.9 Å². The molecule has 0 radical (unpaired) electrons. The van der Waals surface area contributed by atoms with Gasteiger partial charge in [0.15, 0.2) is 5.13 Å². The number of fused-ring (bicyclic) bond motifs is 1. The minimum Gasteiger partial charge on any atom is -0.496 e. The van der Waals surface area contributed by atoms with Gasteiger partial charge in [0.1, 0.15) is 5.75 Å². The average Bonchev–Trinajstić information content (AvgIpc) is 3.24. The van der Waals surface area contributed by atoms with Gasteiger partial charge in [-0.05, 0) is 41.1 Å². The maximum atomic E-state index is 13.1. The van der Waals surface area contributed by atoms with Crippen LogP contribution in [0.2, 0.25) is 0 Å². The van der Waals surface area contributed by atoms with Crippen LogP contribution in [0.15, 0.2) is 63.9 Å². The topological polar surface area (TPSA) is 101 Å². The number of aromatic amines is 1. The zero-order valence-electron chi connectivity index (χ0n) is 16.2. The summed E-state index contributed by atoms with van der Waals surface area (Å²) in [5, 5.41) is 2.53. The first-order valence-electron chi connectivity index (χ1n) is 8.93. The number of halogens is 3. The predicted octanol–water partition coefficient (Wildman–Crippen LogP) is 4.48. The third kappa shape index (κ3) is 4.06. The molecule has 0 saturated heterocycles. The van der Waals surface area contributed by atoms with Crippen LogP contribution in [0.4, 0.5) is 18.3 Å². The van der Waals surface area contributed by atoms with Gasteiger partial charge in [0.05, 0.1) is 23.1 Å². The molecule has 2 heterocycles. The van der Waals surface area contributed by atoms with Gasteiger partial charge in [-0.3, -0.25) is 9.52 Å². The summed E-state index contributed by atoms with van der Waals surface area (Å²) in [4.78, 5) is 18.9. The van der Waals surface area contributed by atoms with E-state index in [0.29, 0.717) is 10.8 Å². The number of hydrogen-bond acceptors (Lipinski definition) is 6. The Morgan fingerprint density at radius 1 is 1.16 bits per heavy atom. The number of thiazole rings is 1. The van der Waals surface area contributed by atoms with Crippen molar-refractivity contribution in [2.24, 2.45) is 0 Å². The molecular weight excluding hydrogens is 467 g/mol. The smallest absolute Gasteiger partial charge is 0.416 e. The van der Waals surface area contributed by atoms with Crippen molar-refractivity contribution in [3.05, 3.63) is 70.1 Å². The van der Waals surface area contributed by atoms with Gasteiger partial charge in [0, 0.05) is 23.3 Å². The third-order valence-corrected chi connectivity index (χ3v) is 6.80. The van der Waals surface area contributed by atoms with Gasteiger partial charge < -0.3 is 9.72 Å². The lowest BCUT2D eigenvalue weighted by atomic mass is 9.98. The van der Waals surface area contributed by atoms with E-state index in [2.05, 4.69) is 14.7 Å². The van der Waals surface area contributed by atoms with Gasteiger partial charge in [-0.1, -0.05) is 6.07 Å². The van der Waals surface area contributed by atoms with Crippen LogP contribution in [0.1, 0.15) is 5.56 Å². The van der Waals surface area contributed by atoms with E-state index in [1.165, 1.54) is 37.7 Å². The standard InChI is InChI=1S/C20H14F3N3O4S2/c1-30-16-9-12(20(21,22)23)2-4-15(16)17-14-5-3-13(8-11(14)10-25-18(17)27)32(28,29)26-19-24-6-7-31-19/h2-10H,1H3,(H,24,26)(H,25,27). The summed E-state index contributed by atoms with van der Waals surface area (Å²) < 4.78 is 72.0. The summed E-state index contributed by atoms with van der Waals surface area (Å²) in [5.74, 6) is -0.139. The molecule has 0 amide bonds. The summed E-state index contributed by atoms with van der Waals surface area (Å²) in [6.07, 6.45) is -1.79. The van der Waals surface area contributed by atoms with Crippen LogP contribution in [-0.4, -0.2) is 25.5 Å². The molecule has 2 aromatic heterocycles. The van der Waals surface area contributed by atoms with Crippen molar-refractivity contribution >= 4 is 37.3 Å². The highest BCUT2D eigenvalue weighted by Crippen LogP contribution is 2.38. The number of benzene rings is 2. The van der Waals surface area contributed by atoms with E-state index < -0.39 is 27.3 Å². The summed E-state index contributed by atoms with van der Waals surface area (Å²) >= 11 is 1.11. The normalized spacial score (nSPS) is 12.1. The second kappa shape index (κ2) is 7.95. The quantitative estimate of drug-likeness (QED) is 0.438. The van der Waals surface area contributed by atoms with Crippen molar-refractivity contribution in [2.75, 3.05) is 11.8 Å². The van der Waals surface area contributed by atoms with E-state index in [1.807, 2.05) is 0 Å². The van der Waals surface area contributed by atoms with Gasteiger partial charge in [0.2, 0.25) is 0 Å². The fourth-order valence-electron chi connectivity index (χ4n) is 3.18. The molecule has 0 aliphatic rings. The lowest BCUT2D eigenvalue weighted by molar-refractivity contribution is -0.137. The summed E-state index contributed by atoms with van der Waals surface area (Å²) in [5.41, 5.74) is -1.28. The Bertz CT molecular complexity index is 1460. The second-order valence-corrected chi connectivity index (χ2v) is 9.17. The van der Waals surface area contributed by atoms with Crippen LogP contribution in [0.5, 0.6) is 5.75 Å². The molecule has 0 aliphatic heterocycles. The Morgan fingerprint density at radius 2 is 1.94 bits per heavy atom. The van der Waals surface area contributed by atoms with E-state index in [4.69, 9.17) is 4.74 Å². The maximum absolute atomic E-state index is 13.1. The van der Waals surface area contributed by atoms with Gasteiger partial charge >= 0.3 is 6.18 Å². The molecule has 0 saturated carbocycles. The maximum Gasteiger partial charge on any atom is 0.416 e. The Kier molecular flexibility index (Phi) is 5.42. The summed E-state index contributed by atoms with van der Waals surface area (Å²) in [7, 11) is -2.74. The molecular formula is C20H14F3N3O4S2. The molecule has 0 bridgehead atoms. The largest absolute Gasteiger partial charge is 0.496 e. The number of aromatic nitrogens is 2. The van der Waals surface area contributed by atoms with Gasteiger partial charge in [-0.2, -0.15) is 13.2 Å². The molecule has 0 aliphatic carbocycles. The molecule has 0 fully saturated rings. The first kappa shape index (κ1) is 21.8. The van der Waals surface area contributed by atoms with Gasteiger partial charge in [-0.25, -0.2) is 13.4 Å². The van der Waals surface area contributed by atoms with Gasteiger partial charge in [-0.15, -0.1) is 11.3 Å². The van der Waals surface area contributed by atoms with Crippen LogP contribution in [0.3, 0.4) is 0 Å². The predicted molar refractivity (Wildman–Crippen MR) is 114 cm³/mol. The second-order valence-electron chi connectivity index (χ2n) is 6.60. The number of rotatable bonds is 5. The van der Waals surface area contributed by atoms with Crippen molar-refractivity contribution < 1.29 is 26.3 Å². The number of alkyl halides is 3. The fourth-order valence-corrected chi connectivity index (χ4v) is 5.01. The van der Waals surface area contributed by atoms with E-state index in [0.717, 1.165) is 29.5 Å². The number of ether oxygens (including phenoxy) is 1. The number of pyridine rings is 1. The van der Waals surface area contributed by atoms with Crippen molar-refractivity contribution in [3.63, 3.8) is 0 Å². The minimum atomic E-state index is -4.58. The molecule has 0 unspecified atom stereocenters. The zero-order valence-corrected chi connectivity index (χ0v) is 17.9. The number of anilines is 1. The van der Waals surface area contributed by atoms with Crippen LogP contribution >= 0.6 is 11.3 Å². The molecule has 4 aromatic rings. The molecule has 32 heavy (non-hydrogen) atoms. The molecule has 2 N–H and O–H groups in total. The van der Waals surface area contributed by atoms with Crippen molar-refractivity contribution in [1.29, 1.82) is 0 Å². The molecule has 0 spiro atoms. The highest BCUT2D eigenvalue weighted by Gasteiger charge is 2.31. The zero-order chi connectivity index (χ0) is 23.1. The van der Waals surface area contributed by atoms with E-state index >= 15 is 0 Å². The highest BCUT2D eigenvalue weighted by molar-refractivity contribution is 7.93. The SMILES string of the molecule is COc1cc(C(F)(F)F)ccc1-c1c(=O)[nH]cc2cc(S(=O)(=O)Nc3nccs3)ccc12. The van der Waals surface area contributed by atoms with Crippen LogP contribution < -0.4 is 15.0 Å². The first-order chi connectivity index (χ1) is 15.1. The van der Waals surface area contributed by atoms with E-state index in [-0.39, 0.29) is 26.9 Å². The number of H-pyrrole nitrogens is 1. The third-order valence-electron chi connectivity index (χ3n) is 4.64. The number of methoxy groups -OCH3 is 1. The van der Waals surface area contributed by atoms with Crippen molar-refractivity contribution in [1.82, 2.24) is 9.97 Å². The Hall–Kier alpha value is -3.38. The molecule has 166 valence electrons. The molecule has 12 heteroatoms. The average molecular weight is 481 g/mol. The number of sulfonamides is 1. The fraction of sp³-hybridized carbons (Fsp3) is 0.100. The molecule has 7 nitrogen and oxygen atoms in total. The summed E-state index contributed by atoms with van der Waals surface area (Å²) in [6, 6.07) is 6.89. The van der Waals surface area contributed by atoms with E-state index in [9.17, 15) is 26.4 Å². The lowest BCUT2D eigenvalue weighted by Crippen LogP contribution is -2.14. The Labute approximate surface area is 183 Å². The van der Waals surface area contributed by atoms with E-state index in [1.54, 1.807) is 5.38 Å². The van der Waals surface area contributed by atoms with Crippen LogP contribution in [0, 0.1) is 0 Å². The molecule has 4 rings (SSSR count). The van der Waals surface area contributed by atoms with Crippen molar-refractivity contribution in [3.8, 4) is 16.9 Å². The highest BCUT2D eigenvalue weighted by atomic mass is 32.2. The number of hydrogen-bond donors (Lipinski definition) is 2.